The molecule has 126 valence electrons. The van der Waals surface area contributed by atoms with E-state index in [-0.39, 0.29) is 24.8 Å². The van der Waals surface area contributed by atoms with Crippen molar-refractivity contribution < 1.29 is 23.8 Å². The third kappa shape index (κ3) is 5.52. The Morgan fingerprint density at radius 1 is 1.17 bits per heavy atom. The molecule has 1 aliphatic rings. The molecule has 23 heavy (non-hydrogen) atoms. The Balaban J connectivity index is 1.64. The van der Waals surface area contributed by atoms with Crippen LogP contribution < -0.4 is 4.74 Å². The standard InChI is InChI=1S/C16H21FN2O4/c17-13-4-1-2-5-14(13)23-11-3-6-15(20)19-9-7-18(8-10-19)12-16(21)22/h1-2,4-5H,3,6-12H2,(H,21,22). The largest absolute Gasteiger partial charge is 0.491 e. The number of ether oxygens (including phenoxy) is 1. The van der Waals surface area contributed by atoms with E-state index in [1.54, 1.807) is 23.1 Å². The highest BCUT2D eigenvalue weighted by Crippen LogP contribution is 2.15. The van der Waals surface area contributed by atoms with Crippen LogP contribution in [0, 0.1) is 5.82 Å². The number of aliphatic carboxylic acids is 1. The lowest BCUT2D eigenvalue weighted by molar-refractivity contribution is -0.139. The van der Waals surface area contributed by atoms with E-state index in [4.69, 9.17) is 9.84 Å². The van der Waals surface area contributed by atoms with Crippen molar-refractivity contribution in [1.29, 1.82) is 0 Å². The number of hydrogen-bond donors (Lipinski definition) is 1. The molecule has 0 atom stereocenters. The lowest BCUT2D eigenvalue weighted by atomic mass is 10.2. The average Bonchev–Trinajstić information content (AvgIpc) is 2.53. The summed E-state index contributed by atoms with van der Waals surface area (Å²) >= 11 is 0. The Bertz CT molecular complexity index is 545. The van der Waals surface area contributed by atoms with Gasteiger partial charge in [-0.1, -0.05) is 12.1 Å². The van der Waals surface area contributed by atoms with Gasteiger partial charge in [-0.15, -0.1) is 0 Å². The van der Waals surface area contributed by atoms with E-state index in [1.807, 2.05) is 4.90 Å². The smallest absolute Gasteiger partial charge is 0.317 e. The number of para-hydroxylation sites is 1. The lowest BCUT2D eigenvalue weighted by Crippen LogP contribution is -2.49. The molecule has 6 nitrogen and oxygen atoms in total. The van der Waals surface area contributed by atoms with Gasteiger partial charge in [-0.25, -0.2) is 4.39 Å². The quantitative estimate of drug-likeness (QED) is 0.764. The molecule has 2 rings (SSSR count). The fraction of sp³-hybridized carbons (Fsp3) is 0.500. The van der Waals surface area contributed by atoms with Gasteiger partial charge in [0, 0.05) is 32.6 Å². The molecule has 0 spiro atoms. The van der Waals surface area contributed by atoms with Crippen molar-refractivity contribution in [3.8, 4) is 5.75 Å². The van der Waals surface area contributed by atoms with E-state index in [0.29, 0.717) is 39.0 Å². The zero-order chi connectivity index (χ0) is 16.7. The first-order valence-corrected chi connectivity index (χ1v) is 7.65. The van der Waals surface area contributed by atoms with Crippen molar-refractivity contribution in [2.24, 2.45) is 0 Å². The van der Waals surface area contributed by atoms with E-state index >= 15 is 0 Å². The second-order valence-corrected chi connectivity index (χ2v) is 5.43. The highest BCUT2D eigenvalue weighted by atomic mass is 19.1. The third-order valence-electron chi connectivity index (χ3n) is 3.71. The van der Waals surface area contributed by atoms with Gasteiger partial charge in [0.15, 0.2) is 11.6 Å². The van der Waals surface area contributed by atoms with Crippen molar-refractivity contribution in [3.05, 3.63) is 30.1 Å². The Morgan fingerprint density at radius 2 is 1.87 bits per heavy atom. The lowest BCUT2D eigenvalue weighted by Gasteiger charge is -2.33. The Kier molecular flexibility index (Phi) is 6.34. The van der Waals surface area contributed by atoms with Gasteiger partial charge in [-0.05, 0) is 18.6 Å². The molecule has 1 heterocycles. The number of amides is 1. The van der Waals surface area contributed by atoms with Gasteiger partial charge < -0.3 is 14.7 Å². The second kappa shape index (κ2) is 8.47. The summed E-state index contributed by atoms with van der Waals surface area (Å²) in [5, 5.41) is 8.73. The topological polar surface area (TPSA) is 70.1 Å². The molecule has 0 aromatic heterocycles. The molecule has 1 aliphatic heterocycles. The van der Waals surface area contributed by atoms with Gasteiger partial charge in [-0.3, -0.25) is 14.5 Å². The highest BCUT2D eigenvalue weighted by Gasteiger charge is 2.21. The van der Waals surface area contributed by atoms with Gasteiger partial charge in [0.05, 0.1) is 13.2 Å². The van der Waals surface area contributed by atoms with Crippen LogP contribution in [0.5, 0.6) is 5.75 Å². The van der Waals surface area contributed by atoms with Crippen LogP contribution in [0.4, 0.5) is 4.39 Å². The van der Waals surface area contributed by atoms with Crippen LogP contribution in [0.2, 0.25) is 0 Å². The number of nitrogens with zero attached hydrogens (tertiary/aromatic N) is 2. The first-order chi connectivity index (χ1) is 11.1. The molecule has 1 N–H and O–H groups in total. The van der Waals surface area contributed by atoms with E-state index in [9.17, 15) is 14.0 Å². The minimum atomic E-state index is -0.852. The van der Waals surface area contributed by atoms with Crippen molar-refractivity contribution in [2.75, 3.05) is 39.3 Å². The number of carbonyl (C=O) groups excluding carboxylic acids is 1. The summed E-state index contributed by atoms with van der Waals surface area (Å²) in [5.74, 6) is -1.04. The number of carboxylic acids is 1. The molecular weight excluding hydrogens is 303 g/mol. The molecule has 7 heteroatoms. The fourth-order valence-corrected chi connectivity index (χ4v) is 2.47. The van der Waals surface area contributed by atoms with Crippen LogP contribution in [-0.4, -0.2) is 66.1 Å². The Morgan fingerprint density at radius 3 is 2.52 bits per heavy atom. The molecule has 1 aromatic rings. The molecule has 0 bridgehead atoms. The van der Waals surface area contributed by atoms with Crippen LogP contribution in [0.3, 0.4) is 0 Å². The molecule has 1 amide bonds. The molecule has 1 saturated heterocycles. The van der Waals surface area contributed by atoms with Crippen molar-refractivity contribution in [2.45, 2.75) is 12.8 Å². The van der Waals surface area contributed by atoms with E-state index in [2.05, 4.69) is 0 Å². The maximum absolute atomic E-state index is 13.3. The predicted molar refractivity (Wildman–Crippen MR) is 81.8 cm³/mol. The normalized spacial score (nSPS) is 15.4. The van der Waals surface area contributed by atoms with Crippen LogP contribution in [-0.2, 0) is 9.59 Å². The first kappa shape index (κ1) is 17.2. The van der Waals surface area contributed by atoms with Crippen molar-refractivity contribution in [3.63, 3.8) is 0 Å². The monoisotopic (exact) mass is 324 g/mol. The van der Waals surface area contributed by atoms with Crippen molar-refractivity contribution in [1.82, 2.24) is 9.80 Å². The van der Waals surface area contributed by atoms with Gasteiger partial charge in [0.1, 0.15) is 0 Å². The maximum Gasteiger partial charge on any atom is 0.317 e. The SMILES string of the molecule is O=C(O)CN1CCN(C(=O)CCCOc2ccccc2F)CC1. The summed E-state index contributed by atoms with van der Waals surface area (Å²) in [5.41, 5.74) is 0. The number of benzene rings is 1. The summed E-state index contributed by atoms with van der Waals surface area (Å²) in [6, 6.07) is 6.17. The minimum absolute atomic E-state index is 0.0124. The summed E-state index contributed by atoms with van der Waals surface area (Å²) in [7, 11) is 0. The van der Waals surface area contributed by atoms with Crippen LogP contribution in [0.1, 0.15) is 12.8 Å². The maximum atomic E-state index is 13.3. The summed E-state index contributed by atoms with van der Waals surface area (Å²) < 4.78 is 18.7. The number of carboxylic acid groups (broad SMARTS) is 1. The van der Waals surface area contributed by atoms with E-state index in [0.717, 1.165) is 0 Å². The van der Waals surface area contributed by atoms with E-state index in [1.165, 1.54) is 6.07 Å². The summed E-state index contributed by atoms with van der Waals surface area (Å²) in [6.45, 7) is 2.53. The second-order valence-electron chi connectivity index (χ2n) is 5.43. The van der Waals surface area contributed by atoms with Crippen LogP contribution in [0.15, 0.2) is 24.3 Å². The zero-order valence-electron chi connectivity index (χ0n) is 12.9. The van der Waals surface area contributed by atoms with Gasteiger partial charge >= 0.3 is 5.97 Å². The van der Waals surface area contributed by atoms with E-state index < -0.39 is 11.8 Å². The van der Waals surface area contributed by atoms with Gasteiger partial charge in [-0.2, -0.15) is 0 Å². The number of piperazine rings is 1. The Labute approximate surface area is 134 Å². The van der Waals surface area contributed by atoms with Crippen molar-refractivity contribution >= 4 is 11.9 Å². The number of carbonyl (C=O) groups is 2. The first-order valence-electron chi connectivity index (χ1n) is 7.65. The number of hydrogen-bond acceptors (Lipinski definition) is 4. The minimum Gasteiger partial charge on any atom is -0.491 e. The molecule has 0 saturated carbocycles. The summed E-state index contributed by atoms with van der Waals surface area (Å²) in [6.07, 6.45) is 0.857. The van der Waals surface area contributed by atoms with Gasteiger partial charge in [0.25, 0.3) is 0 Å². The number of halogens is 1. The molecular formula is C16H21FN2O4. The predicted octanol–water partition coefficient (Wildman–Crippen LogP) is 1.21. The molecule has 0 aliphatic carbocycles. The third-order valence-corrected chi connectivity index (χ3v) is 3.71. The molecule has 1 aromatic carbocycles. The number of rotatable bonds is 7. The molecule has 0 unspecified atom stereocenters. The van der Waals surface area contributed by atoms with Crippen LogP contribution >= 0.6 is 0 Å². The fourth-order valence-electron chi connectivity index (χ4n) is 2.47. The average molecular weight is 324 g/mol. The highest BCUT2D eigenvalue weighted by molar-refractivity contribution is 5.76. The zero-order valence-corrected chi connectivity index (χ0v) is 12.9. The molecule has 0 radical (unpaired) electrons. The van der Waals surface area contributed by atoms with Crippen LogP contribution in [0.25, 0.3) is 0 Å². The molecule has 1 fully saturated rings. The Hall–Kier alpha value is -2.15. The van der Waals surface area contributed by atoms with Gasteiger partial charge in [0.2, 0.25) is 5.91 Å². The summed E-state index contributed by atoms with van der Waals surface area (Å²) in [4.78, 5) is 26.3.